The Hall–Kier alpha value is -3.13. The van der Waals surface area contributed by atoms with E-state index in [9.17, 15) is 4.79 Å². The molecule has 0 atom stereocenters. The van der Waals surface area contributed by atoms with Crippen molar-refractivity contribution in [3.05, 3.63) is 42.2 Å². The molecular weight excluding hydrogens is 368 g/mol. The van der Waals surface area contributed by atoms with Gasteiger partial charge in [0.2, 0.25) is 5.95 Å². The molecule has 152 valence electrons. The number of benzene rings is 1. The first kappa shape index (κ1) is 19.2. The van der Waals surface area contributed by atoms with Gasteiger partial charge in [0, 0.05) is 45.5 Å². The van der Waals surface area contributed by atoms with Crippen LogP contribution in [0, 0.1) is 0 Å². The van der Waals surface area contributed by atoms with E-state index >= 15 is 0 Å². The van der Waals surface area contributed by atoms with E-state index in [2.05, 4.69) is 25.1 Å². The van der Waals surface area contributed by atoms with Crippen molar-refractivity contribution in [1.82, 2.24) is 24.8 Å². The summed E-state index contributed by atoms with van der Waals surface area (Å²) in [5.41, 5.74) is 2.20. The maximum absolute atomic E-state index is 11.8. The number of carbonyl (C=O) groups is 1. The van der Waals surface area contributed by atoms with Crippen LogP contribution in [0.1, 0.15) is 23.3 Å². The number of hydrogen-bond donors (Lipinski definition) is 2. The van der Waals surface area contributed by atoms with E-state index < -0.39 is 0 Å². The molecule has 2 N–H and O–H groups in total. The molecule has 1 saturated heterocycles. The Balaban J connectivity index is 1.47. The van der Waals surface area contributed by atoms with Crippen molar-refractivity contribution in [3.8, 4) is 11.5 Å². The van der Waals surface area contributed by atoms with Crippen molar-refractivity contribution >= 4 is 22.9 Å². The lowest BCUT2D eigenvalue weighted by Crippen LogP contribution is -2.26. The van der Waals surface area contributed by atoms with E-state index in [1.54, 1.807) is 25.4 Å². The molecule has 0 aliphatic carbocycles. The zero-order valence-electron chi connectivity index (χ0n) is 16.8. The SMILES string of the molecule is CNC(=O)c1cc(Oc2ccc3c(c2)nc(NCCN2CCCC2)n3C)ccn1. The normalized spacial score (nSPS) is 14.3. The molecule has 4 rings (SSSR count). The van der Waals surface area contributed by atoms with E-state index in [4.69, 9.17) is 9.72 Å². The first-order valence-corrected chi connectivity index (χ1v) is 9.93. The third-order valence-electron chi connectivity index (χ3n) is 5.19. The van der Waals surface area contributed by atoms with Gasteiger partial charge in [-0.25, -0.2) is 4.98 Å². The summed E-state index contributed by atoms with van der Waals surface area (Å²) in [6.07, 6.45) is 4.16. The molecule has 1 aromatic carbocycles. The minimum Gasteiger partial charge on any atom is -0.457 e. The molecule has 2 aromatic heterocycles. The number of nitrogens with zero attached hydrogens (tertiary/aromatic N) is 4. The van der Waals surface area contributed by atoms with Crippen LogP contribution in [-0.2, 0) is 7.05 Å². The molecule has 0 bridgehead atoms. The number of hydrogen-bond acceptors (Lipinski definition) is 6. The number of ether oxygens (including phenoxy) is 1. The van der Waals surface area contributed by atoms with Crippen molar-refractivity contribution < 1.29 is 9.53 Å². The summed E-state index contributed by atoms with van der Waals surface area (Å²) in [6.45, 7) is 4.30. The average Bonchev–Trinajstić information content (AvgIpc) is 3.36. The molecule has 8 heteroatoms. The fraction of sp³-hybridized carbons (Fsp3) is 0.381. The fourth-order valence-electron chi connectivity index (χ4n) is 3.60. The summed E-state index contributed by atoms with van der Waals surface area (Å²) >= 11 is 0. The number of nitrogens with one attached hydrogen (secondary N) is 2. The zero-order valence-corrected chi connectivity index (χ0v) is 16.8. The van der Waals surface area contributed by atoms with Crippen molar-refractivity contribution in [3.63, 3.8) is 0 Å². The average molecular weight is 394 g/mol. The minimum atomic E-state index is -0.250. The molecule has 1 aliphatic rings. The first-order valence-electron chi connectivity index (χ1n) is 9.93. The first-order chi connectivity index (χ1) is 14.1. The van der Waals surface area contributed by atoms with Crippen LogP contribution < -0.4 is 15.4 Å². The van der Waals surface area contributed by atoms with Gasteiger partial charge < -0.3 is 24.8 Å². The Morgan fingerprint density at radius 1 is 1.17 bits per heavy atom. The Morgan fingerprint density at radius 2 is 1.97 bits per heavy atom. The van der Waals surface area contributed by atoms with Gasteiger partial charge in [-0.05, 0) is 44.1 Å². The number of amides is 1. The molecule has 1 amide bonds. The summed E-state index contributed by atoms with van der Waals surface area (Å²) in [6, 6.07) is 9.14. The van der Waals surface area contributed by atoms with Crippen LogP contribution in [0.25, 0.3) is 11.0 Å². The molecule has 1 fully saturated rings. The number of pyridine rings is 1. The summed E-state index contributed by atoms with van der Waals surface area (Å²) < 4.78 is 7.98. The molecule has 3 aromatic rings. The molecule has 0 spiro atoms. The second-order valence-corrected chi connectivity index (χ2v) is 7.18. The Morgan fingerprint density at radius 3 is 2.76 bits per heavy atom. The second-order valence-electron chi connectivity index (χ2n) is 7.18. The van der Waals surface area contributed by atoms with E-state index in [-0.39, 0.29) is 5.91 Å². The van der Waals surface area contributed by atoms with Crippen molar-refractivity contribution in [2.45, 2.75) is 12.8 Å². The van der Waals surface area contributed by atoms with Gasteiger partial charge in [-0.2, -0.15) is 0 Å². The molecular formula is C21H26N6O2. The highest BCUT2D eigenvalue weighted by Gasteiger charge is 2.13. The fourth-order valence-corrected chi connectivity index (χ4v) is 3.60. The highest BCUT2D eigenvalue weighted by atomic mass is 16.5. The quantitative estimate of drug-likeness (QED) is 0.641. The van der Waals surface area contributed by atoms with Gasteiger partial charge >= 0.3 is 0 Å². The molecule has 0 saturated carbocycles. The van der Waals surface area contributed by atoms with E-state index in [0.29, 0.717) is 17.2 Å². The summed E-state index contributed by atoms with van der Waals surface area (Å²) in [5, 5.41) is 6.00. The topological polar surface area (TPSA) is 84.3 Å². The Labute approximate surface area is 169 Å². The van der Waals surface area contributed by atoms with Crippen molar-refractivity contribution in [2.75, 3.05) is 38.5 Å². The number of fused-ring (bicyclic) bond motifs is 1. The molecule has 29 heavy (non-hydrogen) atoms. The third kappa shape index (κ3) is 4.32. The number of aryl methyl sites for hydroxylation is 1. The minimum absolute atomic E-state index is 0.250. The van der Waals surface area contributed by atoms with Crippen LogP contribution >= 0.6 is 0 Å². The lowest BCUT2D eigenvalue weighted by atomic mass is 10.3. The summed E-state index contributed by atoms with van der Waals surface area (Å²) in [5.74, 6) is 1.81. The van der Waals surface area contributed by atoms with Crippen LogP contribution in [0.4, 0.5) is 5.95 Å². The van der Waals surface area contributed by atoms with Crippen molar-refractivity contribution in [2.24, 2.45) is 7.05 Å². The third-order valence-corrected chi connectivity index (χ3v) is 5.19. The van der Waals surface area contributed by atoms with E-state index in [1.165, 1.54) is 25.9 Å². The molecule has 1 aliphatic heterocycles. The van der Waals surface area contributed by atoms with E-state index in [0.717, 1.165) is 30.1 Å². The van der Waals surface area contributed by atoms with Crippen LogP contribution in [0.3, 0.4) is 0 Å². The van der Waals surface area contributed by atoms with Gasteiger partial charge in [0.15, 0.2) is 0 Å². The van der Waals surface area contributed by atoms with E-state index in [1.807, 2.05) is 25.2 Å². The molecule has 0 unspecified atom stereocenters. The maximum atomic E-state index is 11.8. The lowest BCUT2D eigenvalue weighted by Gasteiger charge is -2.14. The van der Waals surface area contributed by atoms with Crippen LogP contribution in [-0.4, -0.2) is 58.6 Å². The number of imidazole rings is 1. The van der Waals surface area contributed by atoms with Gasteiger partial charge in [-0.1, -0.05) is 0 Å². The lowest BCUT2D eigenvalue weighted by molar-refractivity contribution is 0.0958. The highest BCUT2D eigenvalue weighted by molar-refractivity contribution is 5.92. The number of rotatable bonds is 7. The number of likely N-dealkylation sites (tertiary alicyclic amines) is 1. The van der Waals surface area contributed by atoms with Gasteiger partial charge in [0.05, 0.1) is 11.0 Å². The Bertz CT molecular complexity index is 1010. The van der Waals surface area contributed by atoms with Gasteiger partial charge in [-0.15, -0.1) is 0 Å². The smallest absolute Gasteiger partial charge is 0.269 e. The summed E-state index contributed by atoms with van der Waals surface area (Å²) in [7, 11) is 3.58. The predicted molar refractivity (Wildman–Crippen MR) is 113 cm³/mol. The molecule has 8 nitrogen and oxygen atoms in total. The largest absolute Gasteiger partial charge is 0.457 e. The van der Waals surface area contributed by atoms with Gasteiger partial charge in [0.25, 0.3) is 5.91 Å². The zero-order chi connectivity index (χ0) is 20.2. The Kier molecular flexibility index (Phi) is 5.62. The van der Waals surface area contributed by atoms with Crippen LogP contribution in [0.5, 0.6) is 11.5 Å². The van der Waals surface area contributed by atoms with Gasteiger partial charge in [0.1, 0.15) is 17.2 Å². The van der Waals surface area contributed by atoms with Gasteiger partial charge in [-0.3, -0.25) is 9.78 Å². The number of anilines is 1. The highest BCUT2D eigenvalue weighted by Crippen LogP contribution is 2.27. The standard InChI is InChI=1S/C21H26N6O2/c1-22-20(28)18-14-16(7-8-23-18)29-15-5-6-19-17(13-15)25-21(26(19)2)24-9-12-27-10-3-4-11-27/h5-8,13-14H,3-4,9-12H2,1-2H3,(H,22,28)(H,24,25). The van der Waals surface area contributed by atoms with Crippen LogP contribution in [0.15, 0.2) is 36.5 Å². The molecule has 3 heterocycles. The van der Waals surface area contributed by atoms with Crippen LogP contribution in [0.2, 0.25) is 0 Å². The number of aromatic nitrogens is 3. The second kappa shape index (κ2) is 8.48. The number of carbonyl (C=O) groups excluding carboxylic acids is 1. The summed E-state index contributed by atoms with van der Waals surface area (Å²) in [4.78, 5) is 23.0. The maximum Gasteiger partial charge on any atom is 0.269 e. The molecule has 0 radical (unpaired) electrons. The van der Waals surface area contributed by atoms with Crippen molar-refractivity contribution in [1.29, 1.82) is 0 Å². The predicted octanol–water partition coefficient (Wildman–Crippen LogP) is 2.63. The monoisotopic (exact) mass is 394 g/mol.